The molecule has 0 atom stereocenters. The van der Waals surface area contributed by atoms with E-state index in [-0.39, 0.29) is 19.0 Å². The molecule has 2 aromatic rings. The van der Waals surface area contributed by atoms with Gasteiger partial charge in [0.05, 0.1) is 12.1 Å². The summed E-state index contributed by atoms with van der Waals surface area (Å²) in [6.45, 7) is 3.18. The third-order valence-corrected chi connectivity index (χ3v) is 3.82. The van der Waals surface area contributed by atoms with Crippen LogP contribution in [0.25, 0.3) is 0 Å². The molecule has 0 aliphatic heterocycles. The predicted molar refractivity (Wildman–Crippen MR) is 94.7 cm³/mol. The number of benzene rings is 2. The number of esters is 1. The Morgan fingerprint density at radius 1 is 1.00 bits per heavy atom. The second-order valence-electron chi connectivity index (χ2n) is 5.49. The lowest BCUT2D eigenvalue weighted by atomic mass is 10.1. The molecular formula is C19H19ClO5. The van der Waals surface area contributed by atoms with E-state index < -0.39 is 5.97 Å². The van der Waals surface area contributed by atoms with E-state index in [4.69, 9.17) is 25.8 Å². The third-order valence-electron chi connectivity index (χ3n) is 3.53. The van der Waals surface area contributed by atoms with Crippen LogP contribution in [0.5, 0.6) is 11.5 Å². The number of rotatable bonds is 7. The Labute approximate surface area is 151 Å². The van der Waals surface area contributed by atoms with Gasteiger partial charge in [-0.25, -0.2) is 4.79 Å². The topological polar surface area (TPSA) is 61.8 Å². The van der Waals surface area contributed by atoms with Crippen LogP contribution in [-0.4, -0.2) is 32.1 Å². The number of hydrogen-bond donors (Lipinski definition) is 0. The van der Waals surface area contributed by atoms with E-state index in [2.05, 4.69) is 0 Å². The third kappa shape index (κ3) is 5.22. The average Bonchev–Trinajstić information content (AvgIpc) is 2.60. The van der Waals surface area contributed by atoms with Crippen LogP contribution in [0.1, 0.15) is 21.5 Å². The number of carbonyl (C=O) groups excluding carboxylic acids is 2. The lowest BCUT2D eigenvalue weighted by molar-refractivity contribution is -0.144. The Balaban J connectivity index is 1.86. The summed E-state index contributed by atoms with van der Waals surface area (Å²) in [7, 11) is 1.49. The van der Waals surface area contributed by atoms with Gasteiger partial charge in [-0.3, -0.25) is 4.79 Å². The molecule has 5 nitrogen and oxygen atoms in total. The molecule has 0 saturated carbocycles. The Morgan fingerprint density at radius 2 is 1.76 bits per heavy atom. The van der Waals surface area contributed by atoms with Crippen LogP contribution in [0.3, 0.4) is 0 Å². The van der Waals surface area contributed by atoms with Crippen molar-refractivity contribution in [1.82, 2.24) is 0 Å². The van der Waals surface area contributed by atoms with Gasteiger partial charge < -0.3 is 14.2 Å². The van der Waals surface area contributed by atoms with Gasteiger partial charge in [-0.2, -0.15) is 0 Å². The molecule has 0 aromatic heterocycles. The van der Waals surface area contributed by atoms with Crippen molar-refractivity contribution in [2.75, 3.05) is 20.3 Å². The summed E-state index contributed by atoms with van der Waals surface area (Å²) in [5.41, 5.74) is 2.29. The fourth-order valence-corrected chi connectivity index (χ4v) is 2.37. The zero-order valence-electron chi connectivity index (χ0n) is 14.3. The molecule has 0 heterocycles. The smallest absolute Gasteiger partial charge is 0.344 e. The van der Waals surface area contributed by atoms with E-state index >= 15 is 0 Å². The molecule has 6 heteroatoms. The van der Waals surface area contributed by atoms with Crippen molar-refractivity contribution in [3.8, 4) is 11.5 Å². The molecule has 0 fully saturated rings. The summed E-state index contributed by atoms with van der Waals surface area (Å²) >= 11 is 5.98. The summed E-state index contributed by atoms with van der Waals surface area (Å²) in [4.78, 5) is 23.8. The zero-order chi connectivity index (χ0) is 18.4. The number of ketones is 1. The zero-order valence-corrected chi connectivity index (χ0v) is 15.1. The van der Waals surface area contributed by atoms with Gasteiger partial charge >= 0.3 is 5.97 Å². The summed E-state index contributed by atoms with van der Waals surface area (Å²) in [5.74, 6) is 0.112. The first-order chi connectivity index (χ1) is 11.9. The number of hydrogen-bond acceptors (Lipinski definition) is 5. The van der Waals surface area contributed by atoms with Crippen LogP contribution in [0.15, 0.2) is 36.4 Å². The lowest BCUT2D eigenvalue weighted by Gasteiger charge is -2.10. The second-order valence-corrected chi connectivity index (χ2v) is 5.90. The second kappa shape index (κ2) is 8.53. The highest BCUT2D eigenvalue weighted by Gasteiger charge is 2.13. The van der Waals surface area contributed by atoms with Gasteiger partial charge in [-0.05, 0) is 49.2 Å². The van der Waals surface area contributed by atoms with Crippen molar-refractivity contribution in [3.63, 3.8) is 0 Å². The van der Waals surface area contributed by atoms with Crippen LogP contribution >= 0.6 is 11.6 Å². The maximum absolute atomic E-state index is 12.1. The molecule has 0 unspecified atom stereocenters. The molecule has 0 saturated heterocycles. The van der Waals surface area contributed by atoms with Crippen LogP contribution < -0.4 is 9.47 Å². The average molecular weight is 363 g/mol. The predicted octanol–water partition coefficient (Wildman–Crippen LogP) is 3.77. The number of Topliss-reactive ketones (excluding diaryl/α,β-unsaturated/α-hetero) is 1. The molecule has 0 radical (unpaired) electrons. The van der Waals surface area contributed by atoms with Gasteiger partial charge in [0.2, 0.25) is 0 Å². The van der Waals surface area contributed by atoms with E-state index in [0.29, 0.717) is 22.1 Å². The van der Waals surface area contributed by atoms with Gasteiger partial charge in [0.15, 0.2) is 19.0 Å². The number of aryl methyl sites for hydroxylation is 2. The van der Waals surface area contributed by atoms with Crippen molar-refractivity contribution >= 4 is 23.4 Å². The van der Waals surface area contributed by atoms with Crippen molar-refractivity contribution in [2.24, 2.45) is 0 Å². The Hall–Kier alpha value is -2.53. The minimum Gasteiger partial charge on any atom is -0.495 e. The molecule has 0 N–H and O–H groups in total. The van der Waals surface area contributed by atoms with E-state index in [1.807, 2.05) is 32.0 Å². The SMILES string of the molecule is COc1ccc(C(=O)COC(=O)COc2cc(C)ccc2C)cc1Cl. The fourth-order valence-electron chi connectivity index (χ4n) is 2.11. The van der Waals surface area contributed by atoms with Crippen molar-refractivity contribution in [2.45, 2.75) is 13.8 Å². The van der Waals surface area contributed by atoms with Gasteiger partial charge in [-0.1, -0.05) is 23.7 Å². The van der Waals surface area contributed by atoms with Crippen LogP contribution in [0, 0.1) is 13.8 Å². The molecule has 0 bridgehead atoms. The molecule has 0 amide bonds. The summed E-state index contributed by atoms with van der Waals surface area (Å²) < 4.78 is 15.4. The van der Waals surface area contributed by atoms with E-state index in [0.717, 1.165) is 11.1 Å². The fraction of sp³-hybridized carbons (Fsp3) is 0.263. The lowest BCUT2D eigenvalue weighted by Crippen LogP contribution is -2.19. The number of methoxy groups -OCH3 is 1. The highest BCUT2D eigenvalue weighted by Crippen LogP contribution is 2.25. The van der Waals surface area contributed by atoms with E-state index in [1.54, 1.807) is 12.1 Å². The molecule has 132 valence electrons. The Kier molecular flexibility index (Phi) is 6.42. The molecule has 0 aliphatic rings. The van der Waals surface area contributed by atoms with Crippen LogP contribution in [0.4, 0.5) is 0 Å². The summed E-state index contributed by atoms with van der Waals surface area (Å²) in [6, 6.07) is 10.3. The monoisotopic (exact) mass is 362 g/mol. The number of halogens is 1. The molecule has 0 spiro atoms. The Morgan fingerprint density at radius 3 is 2.44 bits per heavy atom. The molecular weight excluding hydrogens is 344 g/mol. The first-order valence-electron chi connectivity index (χ1n) is 7.63. The largest absolute Gasteiger partial charge is 0.495 e. The normalized spacial score (nSPS) is 10.2. The first kappa shape index (κ1) is 18.8. The molecule has 2 aromatic carbocycles. The minimum absolute atomic E-state index is 0.263. The van der Waals surface area contributed by atoms with E-state index in [9.17, 15) is 9.59 Å². The molecule has 2 rings (SSSR count). The number of ether oxygens (including phenoxy) is 3. The quantitative estimate of drug-likeness (QED) is 0.554. The van der Waals surface area contributed by atoms with Crippen molar-refractivity contribution in [1.29, 1.82) is 0 Å². The highest BCUT2D eigenvalue weighted by atomic mass is 35.5. The maximum atomic E-state index is 12.1. The van der Waals surface area contributed by atoms with Crippen molar-refractivity contribution in [3.05, 3.63) is 58.1 Å². The van der Waals surface area contributed by atoms with Crippen LogP contribution in [0.2, 0.25) is 5.02 Å². The standard InChI is InChI=1S/C19H19ClO5/c1-12-4-5-13(2)18(8-12)24-11-19(22)25-10-16(21)14-6-7-17(23-3)15(20)9-14/h4-9H,10-11H2,1-3H3. The van der Waals surface area contributed by atoms with E-state index in [1.165, 1.54) is 13.2 Å². The van der Waals surface area contributed by atoms with Crippen molar-refractivity contribution < 1.29 is 23.8 Å². The van der Waals surface area contributed by atoms with Gasteiger partial charge in [0, 0.05) is 5.56 Å². The minimum atomic E-state index is -0.617. The summed E-state index contributed by atoms with van der Waals surface area (Å²) in [6.07, 6.45) is 0. The molecule has 25 heavy (non-hydrogen) atoms. The summed E-state index contributed by atoms with van der Waals surface area (Å²) in [5, 5.41) is 0.318. The molecule has 0 aliphatic carbocycles. The first-order valence-corrected chi connectivity index (χ1v) is 8.01. The Bertz CT molecular complexity index is 785. The highest BCUT2D eigenvalue weighted by molar-refractivity contribution is 6.32. The maximum Gasteiger partial charge on any atom is 0.344 e. The van der Waals surface area contributed by atoms with Gasteiger partial charge in [0.1, 0.15) is 11.5 Å². The van der Waals surface area contributed by atoms with Gasteiger partial charge in [-0.15, -0.1) is 0 Å². The number of carbonyl (C=O) groups is 2. The van der Waals surface area contributed by atoms with Crippen LogP contribution in [-0.2, 0) is 9.53 Å². The van der Waals surface area contributed by atoms with Gasteiger partial charge in [0.25, 0.3) is 0 Å².